The number of fused-ring (bicyclic) bond motifs is 6. The van der Waals surface area contributed by atoms with Crippen molar-refractivity contribution >= 4 is 52.6 Å². The summed E-state index contributed by atoms with van der Waals surface area (Å²) >= 11 is 0. The maximum absolute atomic E-state index is 13.7. The molecule has 420 valence electrons. The molecular formula is C57H55NO22. The predicted octanol–water partition coefficient (Wildman–Crippen LogP) is 4.08. The number of carbonyl (C=O) groups is 9. The molecule has 3 aromatic carbocycles. The van der Waals surface area contributed by atoms with Crippen molar-refractivity contribution in [1.29, 1.82) is 0 Å². The van der Waals surface area contributed by atoms with Gasteiger partial charge in [0.05, 0.1) is 101 Å². The topological polar surface area (TPSA) is 374 Å². The number of aliphatic carboxylic acids is 2. The Labute approximate surface area is 454 Å². The van der Waals surface area contributed by atoms with Crippen LogP contribution in [0.15, 0.2) is 52.1 Å². The molecule has 3 aliphatic carbocycles. The molecule has 0 amide bonds. The molecule has 11 rings (SSSR count). The zero-order valence-corrected chi connectivity index (χ0v) is 43.6. The summed E-state index contributed by atoms with van der Waals surface area (Å²) in [6.45, 7) is 6.93. The number of ketones is 6. The Morgan fingerprint density at radius 1 is 0.650 bits per heavy atom. The van der Waals surface area contributed by atoms with Gasteiger partial charge in [-0.05, 0) is 59.4 Å². The molecular weight excluding hydrogens is 1050 g/mol. The third-order valence-electron chi connectivity index (χ3n) is 16.1. The molecule has 0 saturated carbocycles. The Kier molecular flexibility index (Phi) is 14.3. The number of carboxylic acids is 2. The molecule has 5 aliphatic heterocycles. The second-order valence-corrected chi connectivity index (χ2v) is 21.2. The number of nitrogens with one attached hydrogen (secondary N) is 1. The van der Waals surface area contributed by atoms with Gasteiger partial charge in [0.2, 0.25) is 0 Å². The van der Waals surface area contributed by atoms with Crippen LogP contribution in [0.4, 0.5) is 0 Å². The molecule has 23 heteroatoms. The van der Waals surface area contributed by atoms with Crippen LogP contribution in [0.2, 0.25) is 0 Å². The Hall–Kier alpha value is -7.93. The van der Waals surface area contributed by atoms with Crippen molar-refractivity contribution < 1.29 is 108 Å². The number of allylic oxidation sites excluding steroid dienone is 2. The molecule has 8 aliphatic rings. The summed E-state index contributed by atoms with van der Waals surface area (Å²) in [6.07, 6.45) is -8.02. The van der Waals surface area contributed by atoms with Crippen LogP contribution in [-0.4, -0.2) is 156 Å². The van der Waals surface area contributed by atoms with Crippen LogP contribution in [0.5, 0.6) is 28.7 Å². The Morgan fingerprint density at radius 3 is 1.96 bits per heavy atom. The Balaban J connectivity index is 0.000000191. The van der Waals surface area contributed by atoms with Crippen LogP contribution in [0.1, 0.15) is 156 Å². The molecule has 1 unspecified atom stereocenters. The molecule has 3 aromatic rings. The van der Waals surface area contributed by atoms with Crippen LogP contribution >= 0.6 is 0 Å². The standard InChI is InChI=1S/C33H28O14.C24H27NO8/c1-10-22-16(6-14(46-10)8-20(36)37)30(42)24-18(34)4-12(28(40)26(24)32(22)44)3-13-5-19(35)25-27(29(13)41)33(45)23-11(2)47-15(9-21(38)39)7-17(23)31(25)43;1-9-17-19(24-15(31-9)7-16(26)33-24)22(29)13-5-4-12(21(28)18(13)23(17)30)14-6-11(8-25-3)20(27)10(2)32-14/h4-5,10-11,14-15,34,40,43,45H,3,6-9H2,1-2H3,(H,36,37)(H,38,39);4-5,9-11,14-15,20,24-25,27-28H,6-8H2,1-3H3/t10-,11-,14+,15+;9-,10-,11+,14?,15-,20-,24+/m11/s1. The molecule has 5 heterocycles. The number of ether oxygens (including phenoxy) is 5. The molecule has 23 nitrogen and oxygen atoms in total. The molecule has 0 radical (unpaired) electrons. The van der Waals surface area contributed by atoms with Crippen LogP contribution in [0, 0.1) is 5.92 Å². The Bertz CT molecular complexity index is 3440. The third-order valence-corrected chi connectivity index (χ3v) is 16.1. The van der Waals surface area contributed by atoms with E-state index in [2.05, 4.69) is 5.32 Å². The maximum Gasteiger partial charge on any atom is 0.309 e. The van der Waals surface area contributed by atoms with Gasteiger partial charge < -0.3 is 69.9 Å². The second-order valence-electron chi connectivity index (χ2n) is 21.2. The van der Waals surface area contributed by atoms with E-state index >= 15 is 0 Å². The number of esters is 1. The molecule has 0 aromatic heterocycles. The highest BCUT2D eigenvalue weighted by Crippen LogP contribution is 2.51. The molecule has 80 heavy (non-hydrogen) atoms. The van der Waals surface area contributed by atoms with Crippen molar-refractivity contribution in [2.24, 2.45) is 5.92 Å². The number of Topliss-reactive ketones (excluding diaryl/α,β-unsaturated/α-hetero) is 5. The van der Waals surface area contributed by atoms with Gasteiger partial charge in [-0.3, -0.25) is 43.2 Å². The molecule has 9 N–H and O–H groups in total. The first-order valence-corrected chi connectivity index (χ1v) is 25.9. The van der Waals surface area contributed by atoms with Crippen LogP contribution in [0.25, 0.3) is 0 Å². The normalized spacial score (nSPS) is 28.6. The number of hydrogen-bond donors (Lipinski definition) is 9. The van der Waals surface area contributed by atoms with Gasteiger partial charge >= 0.3 is 17.9 Å². The monoisotopic (exact) mass is 1110 g/mol. The average Bonchev–Trinajstić information content (AvgIpc) is 3.75. The van der Waals surface area contributed by atoms with Crippen molar-refractivity contribution in [2.75, 3.05) is 13.6 Å². The predicted molar refractivity (Wildman–Crippen MR) is 270 cm³/mol. The number of carboxylic acid groups (broad SMARTS) is 2. The number of aromatic hydroxyl groups is 5. The first-order chi connectivity index (χ1) is 37.8. The van der Waals surface area contributed by atoms with Gasteiger partial charge in [-0.15, -0.1) is 0 Å². The minimum absolute atomic E-state index is 0.0159. The molecule has 0 spiro atoms. The lowest BCUT2D eigenvalue weighted by molar-refractivity contribution is -0.142. The third kappa shape index (κ3) is 9.06. The lowest BCUT2D eigenvalue weighted by Gasteiger charge is -2.39. The lowest BCUT2D eigenvalue weighted by Crippen LogP contribution is -2.45. The average molecular weight is 1110 g/mol. The van der Waals surface area contributed by atoms with Crippen molar-refractivity contribution in [2.45, 2.75) is 134 Å². The van der Waals surface area contributed by atoms with Gasteiger partial charge in [0.25, 0.3) is 0 Å². The van der Waals surface area contributed by atoms with E-state index in [1.807, 2.05) is 0 Å². The minimum atomic E-state index is -1.17. The summed E-state index contributed by atoms with van der Waals surface area (Å²) in [7, 11) is 1.80. The van der Waals surface area contributed by atoms with E-state index in [-0.39, 0.29) is 86.6 Å². The van der Waals surface area contributed by atoms with E-state index in [1.54, 1.807) is 27.0 Å². The zero-order valence-electron chi connectivity index (χ0n) is 43.6. The number of rotatable bonds is 9. The second kappa shape index (κ2) is 20.6. The summed E-state index contributed by atoms with van der Waals surface area (Å²) < 4.78 is 28.4. The van der Waals surface area contributed by atoms with Crippen LogP contribution in [-0.2, 0) is 50.9 Å². The van der Waals surface area contributed by atoms with Gasteiger partial charge in [-0.2, -0.15) is 0 Å². The van der Waals surface area contributed by atoms with E-state index in [9.17, 15) is 78.9 Å². The van der Waals surface area contributed by atoms with Gasteiger partial charge in [-0.25, -0.2) is 0 Å². The fourth-order valence-corrected chi connectivity index (χ4v) is 12.6. The first-order valence-electron chi connectivity index (χ1n) is 25.9. The summed E-state index contributed by atoms with van der Waals surface area (Å²) in [5, 5.41) is 87.5. The SMILES string of the molecule is CNC[C@@H]1CC(c2ccc3c(c2O)C(=O)C2=C(C3=O)[C@H]3OC(=O)C[C@H]3O[C@@H]2C)O[C@H](C)[C@H]1O.C[C@H]1O[C@H](CC(=O)O)CC2=C1C(=O)c1c(O)c(CC3=CC(=O)c4c(O)c5c(c(O)c4C3=O)[C@@H](C)O[C@H](CC(=O)O)C5)cc(O)c1C2=O. The van der Waals surface area contributed by atoms with Crippen molar-refractivity contribution in [3.8, 4) is 28.7 Å². The highest BCUT2D eigenvalue weighted by atomic mass is 16.6. The maximum atomic E-state index is 13.7. The fourth-order valence-electron chi connectivity index (χ4n) is 12.6. The summed E-state index contributed by atoms with van der Waals surface area (Å²) in [6, 6.07) is 4.09. The molecule has 2 saturated heterocycles. The molecule has 11 atom stereocenters. The van der Waals surface area contributed by atoms with E-state index in [0.29, 0.717) is 18.5 Å². The highest BCUT2D eigenvalue weighted by molar-refractivity contribution is 6.31. The number of aliphatic hydroxyl groups is 1. The quantitative estimate of drug-likeness (QED) is 0.108. The number of phenolic OH excluding ortho intramolecular Hbond substituents is 5. The number of benzene rings is 3. The molecule has 2 fully saturated rings. The van der Waals surface area contributed by atoms with Gasteiger partial charge in [0, 0.05) is 81.8 Å². The summed E-state index contributed by atoms with van der Waals surface area (Å²) in [5.41, 5.74) is -1.90. The zero-order chi connectivity index (χ0) is 57.8. The van der Waals surface area contributed by atoms with Crippen molar-refractivity contribution in [1.82, 2.24) is 5.32 Å². The van der Waals surface area contributed by atoms with Crippen molar-refractivity contribution in [3.63, 3.8) is 0 Å². The van der Waals surface area contributed by atoms with Crippen LogP contribution < -0.4 is 5.32 Å². The first kappa shape index (κ1) is 55.4. The number of hydrogen-bond acceptors (Lipinski definition) is 21. The van der Waals surface area contributed by atoms with E-state index in [1.165, 1.54) is 19.9 Å². The fraction of sp³-hybridized carbons (Fsp3) is 0.421. The van der Waals surface area contributed by atoms with Crippen molar-refractivity contribution in [3.05, 3.63) is 108 Å². The largest absolute Gasteiger partial charge is 0.507 e. The summed E-state index contributed by atoms with van der Waals surface area (Å²) in [4.78, 5) is 115. The number of aliphatic hydroxyl groups excluding tert-OH is 1. The Morgan fingerprint density at radius 2 is 1.29 bits per heavy atom. The van der Waals surface area contributed by atoms with Gasteiger partial charge in [0.1, 0.15) is 34.9 Å². The van der Waals surface area contributed by atoms with Gasteiger partial charge in [0.15, 0.2) is 40.8 Å². The minimum Gasteiger partial charge on any atom is -0.507 e. The van der Waals surface area contributed by atoms with E-state index in [0.717, 1.165) is 12.1 Å². The number of carbonyl (C=O) groups excluding carboxylic acids is 7. The van der Waals surface area contributed by atoms with Gasteiger partial charge in [-0.1, -0.05) is 6.07 Å². The molecule has 0 bridgehead atoms. The van der Waals surface area contributed by atoms with E-state index in [4.69, 9.17) is 28.8 Å². The smallest absolute Gasteiger partial charge is 0.309 e. The van der Waals surface area contributed by atoms with E-state index < -0.39 is 178 Å². The van der Waals surface area contributed by atoms with Crippen LogP contribution in [0.3, 0.4) is 0 Å². The highest BCUT2D eigenvalue weighted by Gasteiger charge is 2.52. The lowest BCUT2D eigenvalue weighted by atomic mass is 9.76. The summed E-state index contributed by atoms with van der Waals surface area (Å²) in [5.74, 6) is -10.2. The number of phenols is 5.